The largest absolute Gasteiger partial charge is 0.334 e. The zero-order valence-corrected chi connectivity index (χ0v) is 12.2. The molecule has 1 aliphatic heterocycles. The summed E-state index contributed by atoms with van der Waals surface area (Å²) in [6.07, 6.45) is 0.925. The number of fused-ring (bicyclic) bond motifs is 1. The highest BCUT2D eigenvalue weighted by Crippen LogP contribution is 2.23. The molecular formula is C17H16ClNO. The standard InChI is InChI=1S/C17H16ClNO/c1-12-4-2-6-14-11-19(9-8-16(12)14)17(20)13-5-3-7-15(18)10-13/h2-7,10H,8-9,11H2,1H3. The van der Waals surface area contributed by atoms with E-state index in [9.17, 15) is 4.79 Å². The summed E-state index contributed by atoms with van der Waals surface area (Å²) >= 11 is 5.96. The first kappa shape index (κ1) is 13.2. The minimum Gasteiger partial charge on any atom is -0.334 e. The summed E-state index contributed by atoms with van der Waals surface area (Å²) in [7, 11) is 0. The van der Waals surface area contributed by atoms with Gasteiger partial charge in [-0.15, -0.1) is 0 Å². The molecule has 1 amide bonds. The van der Waals surface area contributed by atoms with Crippen LogP contribution < -0.4 is 0 Å². The molecule has 0 spiro atoms. The van der Waals surface area contributed by atoms with E-state index in [-0.39, 0.29) is 5.91 Å². The van der Waals surface area contributed by atoms with Gasteiger partial charge in [0.2, 0.25) is 0 Å². The van der Waals surface area contributed by atoms with Gasteiger partial charge in [-0.1, -0.05) is 35.9 Å². The fraction of sp³-hybridized carbons (Fsp3) is 0.235. The number of hydrogen-bond acceptors (Lipinski definition) is 1. The normalized spacial score (nSPS) is 14.0. The number of carbonyl (C=O) groups is 1. The Balaban J connectivity index is 1.85. The number of benzene rings is 2. The van der Waals surface area contributed by atoms with Gasteiger partial charge in [0, 0.05) is 23.7 Å². The van der Waals surface area contributed by atoms with Gasteiger partial charge in [0.25, 0.3) is 5.91 Å². The molecule has 0 aromatic heterocycles. The molecule has 0 saturated carbocycles. The van der Waals surface area contributed by atoms with Crippen LogP contribution in [0.15, 0.2) is 42.5 Å². The van der Waals surface area contributed by atoms with E-state index in [1.165, 1.54) is 16.7 Å². The van der Waals surface area contributed by atoms with Crippen LogP contribution >= 0.6 is 11.6 Å². The molecule has 2 nitrogen and oxygen atoms in total. The van der Waals surface area contributed by atoms with Gasteiger partial charge in [-0.25, -0.2) is 0 Å². The number of hydrogen-bond donors (Lipinski definition) is 0. The highest BCUT2D eigenvalue weighted by molar-refractivity contribution is 6.30. The van der Waals surface area contributed by atoms with Crippen LogP contribution in [-0.4, -0.2) is 17.4 Å². The molecular weight excluding hydrogens is 270 g/mol. The highest BCUT2D eigenvalue weighted by atomic mass is 35.5. The van der Waals surface area contributed by atoms with Crippen molar-refractivity contribution >= 4 is 17.5 Å². The SMILES string of the molecule is Cc1cccc2c1CCN(C(=O)c1cccc(Cl)c1)C2. The van der Waals surface area contributed by atoms with E-state index in [0.717, 1.165) is 13.0 Å². The van der Waals surface area contributed by atoms with Gasteiger partial charge in [0.1, 0.15) is 0 Å². The van der Waals surface area contributed by atoms with E-state index in [1.807, 2.05) is 17.0 Å². The summed E-state index contributed by atoms with van der Waals surface area (Å²) in [5.74, 6) is 0.0552. The summed E-state index contributed by atoms with van der Waals surface area (Å²) in [6, 6.07) is 13.5. The molecule has 3 heteroatoms. The van der Waals surface area contributed by atoms with Crippen LogP contribution in [0.2, 0.25) is 5.02 Å². The molecule has 0 bridgehead atoms. The van der Waals surface area contributed by atoms with E-state index in [4.69, 9.17) is 11.6 Å². The van der Waals surface area contributed by atoms with Crippen LogP contribution in [0.3, 0.4) is 0 Å². The van der Waals surface area contributed by atoms with Gasteiger partial charge >= 0.3 is 0 Å². The van der Waals surface area contributed by atoms with Crippen LogP contribution in [0.5, 0.6) is 0 Å². The molecule has 0 radical (unpaired) electrons. The van der Waals surface area contributed by atoms with Gasteiger partial charge < -0.3 is 4.90 Å². The maximum atomic E-state index is 12.5. The fourth-order valence-corrected chi connectivity index (χ4v) is 2.97. The Morgan fingerprint density at radius 1 is 1.20 bits per heavy atom. The molecule has 1 heterocycles. The second-order valence-electron chi connectivity index (χ2n) is 5.20. The quantitative estimate of drug-likeness (QED) is 0.779. The molecule has 1 aliphatic rings. The first-order valence-corrected chi connectivity index (χ1v) is 7.15. The molecule has 0 atom stereocenters. The Morgan fingerprint density at radius 2 is 2.00 bits per heavy atom. The van der Waals surface area contributed by atoms with Crippen molar-refractivity contribution in [1.29, 1.82) is 0 Å². The molecule has 0 unspecified atom stereocenters. The zero-order valence-electron chi connectivity index (χ0n) is 11.4. The number of nitrogens with zero attached hydrogens (tertiary/aromatic N) is 1. The van der Waals surface area contributed by atoms with Crippen molar-refractivity contribution in [2.45, 2.75) is 19.9 Å². The van der Waals surface area contributed by atoms with Crippen LogP contribution in [-0.2, 0) is 13.0 Å². The number of carbonyl (C=O) groups excluding carboxylic acids is 1. The van der Waals surface area contributed by atoms with Crippen molar-refractivity contribution < 1.29 is 4.79 Å². The molecule has 20 heavy (non-hydrogen) atoms. The van der Waals surface area contributed by atoms with Crippen LogP contribution in [0.25, 0.3) is 0 Å². The summed E-state index contributed by atoms with van der Waals surface area (Å²) in [5.41, 5.74) is 4.63. The summed E-state index contributed by atoms with van der Waals surface area (Å²) < 4.78 is 0. The number of halogens is 1. The average molecular weight is 286 g/mol. The van der Waals surface area contributed by atoms with Crippen molar-refractivity contribution in [3.63, 3.8) is 0 Å². The Bertz CT molecular complexity index is 666. The maximum Gasteiger partial charge on any atom is 0.254 e. The third-order valence-electron chi connectivity index (χ3n) is 3.86. The molecule has 0 aliphatic carbocycles. The van der Waals surface area contributed by atoms with Gasteiger partial charge in [0.15, 0.2) is 0 Å². The first-order valence-electron chi connectivity index (χ1n) is 6.77. The van der Waals surface area contributed by atoms with Crippen molar-refractivity contribution in [3.05, 3.63) is 69.7 Å². The number of rotatable bonds is 1. The molecule has 2 aromatic carbocycles. The summed E-state index contributed by atoms with van der Waals surface area (Å²) in [4.78, 5) is 14.4. The predicted octanol–water partition coefficient (Wildman–Crippen LogP) is 3.85. The van der Waals surface area contributed by atoms with Crippen LogP contribution in [0.4, 0.5) is 0 Å². The van der Waals surface area contributed by atoms with Crippen molar-refractivity contribution in [2.24, 2.45) is 0 Å². The lowest BCUT2D eigenvalue weighted by atomic mass is 9.95. The first-order chi connectivity index (χ1) is 9.65. The van der Waals surface area contributed by atoms with Gasteiger partial charge in [0.05, 0.1) is 0 Å². The van der Waals surface area contributed by atoms with Gasteiger partial charge in [-0.2, -0.15) is 0 Å². The van der Waals surface area contributed by atoms with Crippen molar-refractivity contribution in [1.82, 2.24) is 4.90 Å². The topological polar surface area (TPSA) is 20.3 Å². The van der Waals surface area contributed by atoms with Crippen molar-refractivity contribution in [2.75, 3.05) is 6.54 Å². The molecule has 0 saturated heterocycles. The molecule has 0 fully saturated rings. The van der Waals surface area contributed by atoms with Crippen LogP contribution in [0, 0.1) is 6.92 Å². The predicted molar refractivity (Wildman–Crippen MR) is 81.1 cm³/mol. The van der Waals surface area contributed by atoms with Crippen LogP contribution in [0.1, 0.15) is 27.0 Å². The summed E-state index contributed by atoms with van der Waals surface area (Å²) in [6.45, 7) is 3.58. The Morgan fingerprint density at radius 3 is 2.80 bits per heavy atom. The van der Waals surface area contributed by atoms with E-state index in [1.54, 1.807) is 12.1 Å². The fourth-order valence-electron chi connectivity index (χ4n) is 2.78. The molecule has 3 rings (SSSR count). The monoisotopic (exact) mass is 285 g/mol. The summed E-state index contributed by atoms with van der Waals surface area (Å²) in [5, 5.41) is 0.601. The Labute approximate surface area is 124 Å². The van der Waals surface area contributed by atoms with E-state index in [0.29, 0.717) is 17.1 Å². The third-order valence-corrected chi connectivity index (χ3v) is 4.09. The van der Waals surface area contributed by atoms with Crippen molar-refractivity contribution in [3.8, 4) is 0 Å². The lowest BCUT2D eigenvalue weighted by Gasteiger charge is -2.30. The Hall–Kier alpha value is -1.80. The molecule has 0 N–H and O–H groups in total. The minimum atomic E-state index is 0.0552. The zero-order chi connectivity index (χ0) is 14.1. The second kappa shape index (κ2) is 5.29. The minimum absolute atomic E-state index is 0.0552. The number of aryl methyl sites for hydroxylation is 1. The number of amides is 1. The van der Waals surface area contributed by atoms with Gasteiger partial charge in [-0.05, 0) is 48.2 Å². The smallest absolute Gasteiger partial charge is 0.254 e. The van der Waals surface area contributed by atoms with E-state index in [2.05, 4.69) is 25.1 Å². The molecule has 102 valence electrons. The second-order valence-corrected chi connectivity index (χ2v) is 5.64. The van der Waals surface area contributed by atoms with E-state index < -0.39 is 0 Å². The Kier molecular flexibility index (Phi) is 3.49. The van der Waals surface area contributed by atoms with Gasteiger partial charge in [-0.3, -0.25) is 4.79 Å². The molecule has 2 aromatic rings. The van der Waals surface area contributed by atoms with E-state index >= 15 is 0 Å². The average Bonchev–Trinajstić information content (AvgIpc) is 2.46. The lowest BCUT2D eigenvalue weighted by molar-refractivity contribution is 0.0734. The third kappa shape index (κ3) is 2.44. The highest BCUT2D eigenvalue weighted by Gasteiger charge is 2.22. The maximum absolute atomic E-state index is 12.5. The lowest BCUT2D eigenvalue weighted by Crippen LogP contribution is -2.36.